The SMILES string of the molecule is Cc1nc(N)cc(I)c1C(F)F. The van der Waals surface area contributed by atoms with E-state index in [-0.39, 0.29) is 11.4 Å². The van der Waals surface area contributed by atoms with Crippen LogP contribution in [0.5, 0.6) is 0 Å². The van der Waals surface area contributed by atoms with Gasteiger partial charge >= 0.3 is 0 Å². The predicted octanol–water partition coefficient (Wildman–Crippen LogP) is 2.51. The van der Waals surface area contributed by atoms with Gasteiger partial charge in [0.1, 0.15) is 5.82 Å². The summed E-state index contributed by atoms with van der Waals surface area (Å²) in [6.07, 6.45) is -2.48. The van der Waals surface area contributed by atoms with E-state index < -0.39 is 6.43 Å². The van der Waals surface area contributed by atoms with Gasteiger partial charge in [-0.05, 0) is 35.6 Å². The summed E-state index contributed by atoms with van der Waals surface area (Å²) in [7, 11) is 0. The molecule has 66 valence electrons. The van der Waals surface area contributed by atoms with Gasteiger partial charge in [-0.15, -0.1) is 0 Å². The molecule has 1 rings (SSSR count). The highest BCUT2D eigenvalue weighted by atomic mass is 127. The van der Waals surface area contributed by atoms with Crippen LogP contribution < -0.4 is 5.73 Å². The zero-order valence-electron chi connectivity index (χ0n) is 6.31. The van der Waals surface area contributed by atoms with E-state index in [1.54, 1.807) is 0 Å². The zero-order chi connectivity index (χ0) is 9.30. The molecule has 0 aromatic carbocycles. The lowest BCUT2D eigenvalue weighted by atomic mass is 10.2. The first-order valence-corrected chi connectivity index (χ1v) is 4.31. The smallest absolute Gasteiger partial charge is 0.266 e. The first kappa shape index (κ1) is 9.63. The zero-order valence-corrected chi connectivity index (χ0v) is 8.47. The maximum Gasteiger partial charge on any atom is 0.266 e. The van der Waals surface area contributed by atoms with Gasteiger partial charge in [-0.2, -0.15) is 0 Å². The molecule has 0 radical (unpaired) electrons. The Bertz CT molecular complexity index is 278. The van der Waals surface area contributed by atoms with Gasteiger partial charge in [0.25, 0.3) is 6.43 Å². The highest BCUT2D eigenvalue weighted by Crippen LogP contribution is 2.27. The summed E-state index contributed by atoms with van der Waals surface area (Å²) < 4.78 is 25.1. The molecule has 12 heavy (non-hydrogen) atoms. The lowest BCUT2D eigenvalue weighted by Crippen LogP contribution is -2.00. The Balaban J connectivity index is 3.28. The van der Waals surface area contributed by atoms with E-state index in [1.165, 1.54) is 13.0 Å². The summed E-state index contributed by atoms with van der Waals surface area (Å²) in [4.78, 5) is 3.75. The Hall–Kier alpha value is -0.460. The summed E-state index contributed by atoms with van der Waals surface area (Å²) in [6.45, 7) is 1.53. The van der Waals surface area contributed by atoms with Crippen molar-refractivity contribution in [3.8, 4) is 0 Å². The number of pyridine rings is 1. The lowest BCUT2D eigenvalue weighted by Gasteiger charge is -2.06. The van der Waals surface area contributed by atoms with Gasteiger partial charge in [0.15, 0.2) is 0 Å². The van der Waals surface area contributed by atoms with Crippen LogP contribution in [-0.2, 0) is 0 Å². The number of nitrogen functional groups attached to an aromatic ring is 1. The van der Waals surface area contributed by atoms with Crippen LogP contribution in [-0.4, -0.2) is 4.98 Å². The van der Waals surface area contributed by atoms with Crippen LogP contribution in [0.2, 0.25) is 0 Å². The van der Waals surface area contributed by atoms with Crippen LogP contribution in [0, 0.1) is 10.5 Å². The van der Waals surface area contributed by atoms with Gasteiger partial charge in [0, 0.05) is 9.26 Å². The number of alkyl halides is 2. The molecular formula is C7H7F2IN2. The first-order chi connectivity index (χ1) is 5.52. The fourth-order valence-corrected chi connectivity index (χ4v) is 1.87. The Morgan fingerprint density at radius 1 is 1.58 bits per heavy atom. The van der Waals surface area contributed by atoms with Crippen LogP contribution in [0.1, 0.15) is 17.7 Å². The Kier molecular flexibility index (Phi) is 2.81. The molecule has 0 aliphatic rings. The third-order valence-electron chi connectivity index (χ3n) is 1.44. The molecule has 0 aliphatic heterocycles. The molecule has 2 N–H and O–H groups in total. The van der Waals surface area contributed by atoms with Crippen LogP contribution >= 0.6 is 22.6 Å². The largest absolute Gasteiger partial charge is 0.384 e. The van der Waals surface area contributed by atoms with Crippen LogP contribution in [0.3, 0.4) is 0 Å². The molecule has 0 spiro atoms. The number of hydrogen-bond acceptors (Lipinski definition) is 2. The fourth-order valence-electron chi connectivity index (χ4n) is 0.929. The second kappa shape index (κ2) is 3.51. The van der Waals surface area contributed by atoms with Crippen molar-refractivity contribution < 1.29 is 8.78 Å². The molecule has 2 nitrogen and oxygen atoms in total. The molecule has 1 heterocycles. The van der Waals surface area contributed by atoms with Crippen molar-refractivity contribution in [2.45, 2.75) is 13.3 Å². The molecule has 0 saturated carbocycles. The minimum Gasteiger partial charge on any atom is -0.384 e. The molecular weight excluding hydrogens is 277 g/mol. The maximum atomic E-state index is 12.3. The van der Waals surface area contributed by atoms with Crippen molar-refractivity contribution in [1.29, 1.82) is 0 Å². The third-order valence-corrected chi connectivity index (χ3v) is 2.33. The number of nitrogens with two attached hydrogens (primary N) is 1. The van der Waals surface area contributed by atoms with E-state index in [4.69, 9.17) is 5.73 Å². The van der Waals surface area contributed by atoms with Crippen molar-refractivity contribution >= 4 is 28.4 Å². The molecule has 0 amide bonds. The summed E-state index contributed by atoms with van der Waals surface area (Å²) in [6, 6.07) is 1.44. The second-order valence-electron chi connectivity index (χ2n) is 2.33. The molecule has 1 aromatic heterocycles. The third kappa shape index (κ3) is 1.82. The number of halogens is 3. The van der Waals surface area contributed by atoms with Gasteiger partial charge in [-0.1, -0.05) is 0 Å². The van der Waals surface area contributed by atoms with Gasteiger partial charge < -0.3 is 5.73 Å². The average molecular weight is 284 g/mol. The predicted molar refractivity (Wildman–Crippen MR) is 51.1 cm³/mol. The van der Waals surface area contributed by atoms with E-state index in [0.29, 0.717) is 9.26 Å². The lowest BCUT2D eigenvalue weighted by molar-refractivity contribution is 0.149. The Morgan fingerprint density at radius 3 is 2.58 bits per heavy atom. The standard InChI is InChI=1S/C7H7F2IN2/c1-3-6(7(8)9)4(10)2-5(11)12-3/h2,7H,1H3,(H2,11,12). The quantitative estimate of drug-likeness (QED) is 0.805. The van der Waals surface area contributed by atoms with Gasteiger partial charge in [0.05, 0.1) is 5.56 Å². The normalized spacial score (nSPS) is 10.8. The monoisotopic (exact) mass is 284 g/mol. The second-order valence-corrected chi connectivity index (χ2v) is 3.49. The fraction of sp³-hybridized carbons (Fsp3) is 0.286. The molecule has 0 bridgehead atoms. The van der Waals surface area contributed by atoms with E-state index in [2.05, 4.69) is 4.98 Å². The molecule has 0 atom stereocenters. The number of aromatic nitrogens is 1. The van der Waals surface area contributed by atoms with E-state index >= 15 is 0 Å². The molecule has 0 unspecified atom stereocenters. The number of hydrogen-bond donors (Lipinski definition) is 1. The Morgan fingerprint density at radius 2 is 2.17 bits per heavy atom. The van der Waals surface area contributed by atoms with Gasteiger partial charge in [-0.3, -0.25) is 0 Å². The first-order valence-electron chi connectivity index (χ1n) is 3.23. The minimum absolute atomic E-state index is 0.0233. The van der Waals surface area contributed by atoms with Gasteiger partial charge in [0.2, 0.25) is 0 Å². The summed E-state index contributed by atoms with van der Waals surface area (Å²) in [5, 5.41) is 0. The molecule has 1 aromatic rings. The van der Waals surface area contributed by atoms with Crippen molar-refractivity contribution in [1.82, 2.24) is 4.98 Å². The van der Waals surface area contributed by atoms with Crippen molar-refractivity contribution in [2.75, 3.05) is 5.73 Å². The topological polar surface area (TPSA) is 38.9 Å². The average Bonchev–Trinajstić information content (AvgIpc) is 1.82. The molecule has 0 fully saturated rings. The van der Waals surface area contributed by atoms with Crippen molar-refractivity contribution in [3.63, 3.8) is 0 Å². The van der Waals surface area contributed by atoms with E-state index in [1.807, 2.05) is 22.6 Å². The number of rotatable bonds is 1. The molecule has 0 aliphatic carbocycles. The minimum atomic E-state index is -2.48. The van der Waals surface area contributed by atoms with Crippen LogP contribution in [0.4, 0.5) is 14.6 Å². The Labute approximate surface area is 82.3 Å². The van der Waals surface area contributed by atoms with Crippen molar-refractivity contribution in [2.24, 2.45) is 0 Å². The van der Waals surface area contributed by atoms with Crippen molar-refractivity contribution in [3.05, 3.63) is 20.9 Å². The molecule has 5 heteroatoms. The highest BCUT2D eigenvalue weighted by Gasteiger charge is 2.15. The van der Waals surface area contributed by atoms with Crippen LogP contribution in [0.15, 0.2) is 6.07 Å². The summed E-state index contributed by atoms with van der Waals surface area (Å²) >= 11 is 1.83. The number of anilines is 1. The maximum absolute atomic E-state index is 12.3. The summed E-state index contributed by atoms with van der Waals surface area (Å²) in [5.41, 5.74) is 5.64. The number of aryl methyl sites for hydroxylation is 1. The summed E-state index contributed by atoms with van der Waals surface area (Å²) in [5.74, 6) is 0.279. The van der Waals surface area contributed by atoms with Gasteiger partial charge in [-0.25, -0.2) is 13.8 Å². The van der Waals surface area contributed by atoms with Crippen LogP contribution in [0.25, 0.3) is 0 Å². The highest BCUT2D eigenvalue weighted by molar-refractivity contribution is 14.1. The number of nitrogens with zero attached hydrogens (tertiary/aromatic N) is 1. The van der Waals surface area contributed by atoms with E-state index in [9.17, 15) is 8.78 Å². The van der Waals surface area contributed by atoms with E-state index in [0.717, 1.165) is 0 Å². The molecule has 0 saturated heterocycles.